The molecule has 62 valence electrons. The lowest BCUT2D eigenvalue weighted by Gasteiger charge is -1.99. The molecular formula is C6H13ClNO2-. The maximum absolute atomic E-state index is 10.3. The molecule has 0 amide bonds. The molecule has 0 atom stereocenters. The highest BCUT2D eigenvalue weighted by Crippen LogP contribution is 1.86. The van der Waals surface area contributed by atoms with E-state index in [-0.39, 0.29) is 24.9 Å². The fourth-order valence-electron chi connectivity index (χ4n) is 0.389. The molecule has 4 heteroatoms. The fraction of sp³-hybridized carbons (Fsp3) is 0.833. The van der Waals surface area contributed by atoms with Crippen molar-refractivity contribution >= 4 is 5.97 Å². The van der Waals surface area contributed by atoms with Crippen LogP contribution in [0.5, 0.6) is 0 Å². The summed E-state index contributed by atoms with van der Waals surface area (Å²) in [6.45, 7) is 2.53. The molecule has 0 saturated carbocycles. The van der Waals surface area contributed by atoms with Crippen LogP contribution in [0.1, 0.15) is 19.8 Å². The molecule has 0 aromatic heterocycles. The number of rotatable bonds is 4. The van der Waals surface area contributed by atoms with Gasteiger partial charge in [-0.05, 0) is 6.42 Å². The third-order valence-corrected chi connectivity index (χ3v) is 0.928. The summed E-state index contributed by atoms with van der Waals surface area (Å²) in [5, 5.41) is 0. The molecule has 0 aliphatic rings. The zero-order chi connectivity index (χ0) is 7.11. The van der Waals surface area contributed by atoms with E-state index in [0.717, 1.165) is 12.8 Å². The number of carbonyl (C=O) groups is 1. The Kier molecular flexibility index (Phi) is 10.8. The van der Waals surface area contributed by atoms with Crippen molar-refractivity contribution in [3.8, 4) is 0 Å². The summed E-state index contributed by atoms with van der Waals surface area (Å²) in [4.78, 5) is 10.3. The molecule has 0 aromatic carbocycles. The highest BCUT2D eigenvalue weighted by Gasteiger charge is 1.94. The molecule has 0 bridgehead atoms. The number of hydrogen-bond acceptors (Lipinski definition) is 3. The SMILES string of the molecule is CCCCOC(=O)CN.[Cl-]. The van der Waals surface area contributed by atoms with E-state index in [9.17, 15) is 4.79 Å². The van der Waals surface area contributed by atoms with E-state index in [1.807, 2.05) is 6.92 Å². The minimum Gasteiger partial charge on any atom is -1.00 e. The minimum atomic E-state index is -0.316. The van der Waals surface area contributed by atoms with E-state index in [0.29, 0.717) is 6.61 Å². The molecule has 0 aromatic rings. The van der Waals surface area contributed by atoms with Crippen molar-refractivity contribution in [3.63, 3.8) is 0 Å². The summed E-state index contributed by atoms with van der Waals surface area (Å²) in [6, 6.07) is 0. The van der Waals surface area contributed by atoms with Gasteiger partial charge in [-0.3, -0.25) is 4.79 Å². The lowest BCUT2D eigenvalue weighted by molar-refractivity contribution is -0.142. The van der Waals surface area contributed by atoms with E-state index in [1.165, 1.54) is 0 Å². The van der Waals surface area contributed by atoms with E-state index in [1.54, 1.807) is 0 Å². The van der Waals surface area contributed by atoms with Crippen molar-refractivity contribution in [2.24, 2.45) is 5.73 Å². The maximum atomic E-state index is 10.3. The summed E-state index contributed by atoms with van der Waals surface area (Å²) in [7, 11) is 0. The molecule has 0 radical (unpaired) electrons. The Balaban J connectivity index is 0. The molecule has 0 rings (SSSR count). The van der Waals surface area contributed by atoms with Gasteiger partial charge in [-0.15, -0.1) is 0 Å². The summed E-state index contributed by atoms with van der Waals surface area (Å²) in [5.41, 5.74) is 4.98. The molecule has 0 unspecified atom stereocenters. The van der Waals surface area contributed by atoms with Crippen LogP contribution < -0.4 is 18.1 Å². The molecule has 10 heavy (non-hydrogen) atoms. The van der Waals surface area contributed by atoms with E-state index in [2.05, 4.69) is 4.74 Å². The molecule has 0 aliphatic carbocycles. The molecule has 0 heterocycles. The number of unbranched alkanes of at least 4 members (excludes halogenated alkanes) is 1. The molecule has 0 aliphatic heterocycles. The highest BCUT2D eigenvalue weighted by atomic mass is 35.5. The van der Waals surface area contributed by atoms with Gasteiger partial charge in [-0.25, -0.2) is 0 Å². The second kappa shape index (κ2) is 8.72. The molecule has 0 fully saturated rings. The first-order valence-electron chi connectivity index (χ1n) is 3.17. The summed E-state index contributed by atoms with van der Waals surface area (Å²) in [5.74, 6) is -0.316. The van der Waals surface area contributed by atoms with Gasteiger partial charge in [0.1, 0.15) is 0 Å². The summed E-state index contributed by atoms with van der Waals surface area (Å²) in [6.07, 6.45) is 1.96. The Morgan fingerprint density at radius 2 is 2.20 bits per heavy atom. The van der Waals surface area contributed by atoms with Crippen LogP contribution >= 0.6 is 0 Å². The second-order valence-corrected chi connectivity index (χ2v) is 1.78. The predicted octanol–water partition coefficient (Wildman–Crippen LogP) is -2.71. The van der Waals surface area contributed by atoms with Crippen molar-refractivity contribution < 1.29 is 21.9 Å². The van der Waals surface area contributed by atoms with Crippen molar-refractivity contribution in [2.45, 2.75) is 19.8 Å². The smallest absolute Gasteiger partial charge is 0.319 e. The van der Waals surface area contributed by atoms with Gasteiger partial charge in [0.05, 0.1) is 13.2 Å². The van der Waals surface area contributed by atoms with Crippen LogP contribution in [0.2, 0.25) is 0 Å². The van der Waals surface area contributed by atoms with E-state index >= 15 is 0 Å². The standard InChI is InChI=1S/C6H13NO2.ClH/c1-2-3-4-9-6(8)5-7;/h2-5,7H2,1H3;1H/p-1. The number of esters is 1. The Morgan fingerprint density at radius 3 is 2.60 bits per heavy atom. The average Bonchev–Trinajstić information content (AvgIpc) is 1.89. The number of halogens is 1. The summed E-state index contributed by atoms with van der Waals surface area (Å²) < 4.78 is 4.67. The monoisotopic (exact) mass is 166 g/mol. The highest BCUT2D eigenvalue weighted by molar-refractivity contribution is 5.71. The van der Waals surface area contributed by atoms with Gasteiger partial charge in [-0.1, -0.05) is 13.3 Å². The van der Waals surface area contributed by atoms with Crippen LogP contribution in [0.4, 0.5) is 0 Å². The fourth-order valence-corrected chi connectivity index (χ4v) is 0.389. The van der Waals surface area contributed by atoms with Crippen LogP contribution in [0.3, 0.4) is 0 Å². The molecule has 0 spiro atoms. The van der Waals surface area contributed by atoms with Crippen molar-refractivity contribution in [1.29, 1.82) is 0 Å². The van der Waals surface area contributed by atoms with Gasteiger partial charge in [0.25, 0.3) is 0 Å². The Bertz CT molecular complexity index is 87.8. The Morgan fingerprint density at radius 1 is 1.60 bits per heavy atom. The topological polar surface area (TPSA) is 52.3 Å². The number of carbonyl (C=O) groups excluding carboxylic acids is 1. The first-order valence-corrected chi connectivity index (χ1v) is 3.17. The summed E-state index contributed by atoms with van der Waals surface area (Å²) >= 11 is 0. The first kappa shape index (κ1) is 12.4. The van der Waals surface area contributed by atoms with Crippen LogP contribution in [0.15, 0.2) is 0 Å². The van der Waals surface area contributed by atoms with E-state index in [4.69, 9.17) is 5.73 Å². The largest absolute Gasteiger partial charge is 1.00 e. The van der Waals surface area contributed by atoms with E-state index < -0.39 is 0 Å². The number of hydrogen-bond donors (Lipinski definition) is 1. The van der Waals surface area contributed by atoms with Crippen molar-refractivity contribution in [2.75, 3.05) is 13.2 Å². The number of ether oxygens (including phenoxy) is 1. The molecule has 3 nitrogen and oxygen atoms in total. The quantitative estimate of drug-likeness (QED) is 0.365. The average molecular weight is 167 g/mol. The van der Waals surface area contributed by atoms with Gasteiger partial charge in [0, 0.05) is 0 Å². The number of nitrogens with two attached hydrogens (primary N) is 1. The Labute approximate surface area is 67.3 Å². The minimum absolute atomic E-state index is 0. The van der Waals surface area contributed by atoms with Crippen LogP contribution in [-0.4, -0.2) is 19.1 Å². The van der Waals surface area contributed by atoms with Crippen molar-refractivity contribution in [1.82, 2.24) is 0 Å². The van der Waals surface area contributed by atoms with Gasteiger partial charge < -0.3 is 22.9 Å². The van der Waals surface area contributed by atoms with Gasteiger partial charge in [0.15, 0.2) is 0 Å². The predicted molar refractivity (Wildman–Crippen MR) is 34.9 cm³/mol. The van der Waals surface area contributed by atoms with Crippen LogP contribution in [-0.2, 0) is 9.53 Å². The lowest BCUT2D eigenvalue weighted by Crippen LogP contribution is -3.00. The maximum Gasteiger partial charge on any atom is 0.319 e. The van der Waals surface area contributed by atoms with Crippen LogP contribution in [0.25, 0.3) is 0 Å². The zero-order valence-corrected chi connectivity index (χ0v) is 6.86. The van der Waals surface area contributed by atoms with Crippen LogP contribution in [0, 0.1) is 0 Å². The third kappa shape index (κ3) is 7.72. The van der Waals surface area contributed by atoms with Gasteiger partial charge in [-0.2, -0.15) is 0 Å². The van der Waals surface area contributed by atoms with Crippen molar-refractivity contribution in [3.05, 3.63) is 0 Å². The second-order valence-electron chi connectivity index (χ2n) is 1.78. The normalized spacial score (nSPS) is 8.20. The lowest BCUT2D eigenvalue weighted by atomic mass is 10.4. The first-order chi connectivity index (χ1) is 4.31. The molecular weight excluding hydrogens is 154 g/mol. The Hall–Kier alpha value is -0.280. The third-order valence-electron chi connectivity index (χ3n) is 0.928. The molecule has 0 saturated heterocycles. The zero-order valence-electron chi connectivity index (χ0n) is 6.10. The van der Waals surface area contributed by atoms with Gasteiger partial charge >= 0.3 is 5.97 Å². The van der Waals surface area contributed by atoms with Gasteiger partial charge in [0.2, 0.25) is 0 Å². The molecule has 2 N–H and O–H groups in total.